The summed E-state index contributed by atoms with van der Waals surface area (Å²) < 4.78 is 1.84. The highest BCUT2D eigenvalue weighted by atomic mass is 35.5. The van der Waals surface area contributed by atoms with Crippen LogP contribution in [0, 0.1) is 11.8 Å². The number of rotatable bonds is 3. The summed E-state index contributed by atoms with van der Waals surface area (Å²) in [6.07, 6.45) is 11.7. The van der Waals surface area contributed by atoms with Crippen molar-refractivity contribution in [1.29, 1.82) is 0 Å². The molecule has 1 aromatic rings. The number of hydrogen-bond acceptors (Lipinski definition) is 3. The summed E-state index contributed by atoms with van der Waals surface area (Å²) in [5, 5.41) is 7.73. The van der Waals surface area contributed by atoms with E-state index in [1.807, 2.05) is 17.9 Å². The van der Waals surface area contributed by atoms with Crippen LogP contribution >= 0.6 is 12.4 Å². The van der Waals surface area contributed by atoms with Gasteiger partial charge in [-0.25, -0.2) is 0 Å². The number of carbonyl (C=O) groups is 1. The second kappa shape index (κ2) is 7.44. The molecule has 0 bridgehead atoms. The summed E-state index contributed by atoms with van der Waals surface area (Å²) in [4.78, 5) is 15.5. The molecule has 1 aliphatic carbocycles. The smallest absolute Gasteiger partial charge is 0.227 e. The second-order valence-corrected chi connectivity index (χ2v) is 7.60. The Balaban J connectivity index is 0.00000169. The van der Waals surface area contributed by atoms with E-state index in [2.05, 4.69) is 21.5 Å². The summed E-state index contributed by atoms with van der Waals surface area (Å²) in [5.74, 6) is 1.51. The molecule has 0 radical (unpaired) electrons. The van der Waals surface area contributed by atoms with E-state index in [0.29, 0.717) is 11.9 Å². The largest absolute Gasteiger partial charge is 0.339 e. The molecular weight excluding hydrogens is 324 g/mol. The molecule has 1 unspecified atom stereocenters. The number of aryl methyl sites for hydroxylation is 1. The average molecular weight is 353 g/mol. The van der Waals surface area contributed by atoms with Crippen LogP contribution in [-0.2, 0) is 11.8 Å². The standard InChI is InChI=1S/C18H28N4O.ClH/c1-21-12-14(9-20-21)15-10-19-11-16(15)18(23)22-8-4-7-17(22)13-5-2-3-6-13;/h9,12-13,15-17,19H,2-8,10-11H2,1H3;1H/t15-,16+,17?;/m1./s1. The number of aromatic nitrogens is 2. The molecule has 6 heteroatoms. The Morgan fingerprint density at radius 2 is 2.00 bits per heavy atom. The van der Waals surface area contributed by atoms with Crippen molar-refractivity contribution in [3.8, 4) is 0 Å². The van der Waals surface area contributed by atoms with Crippen LogP contribution in [-0.4, -0.2) is 46.3 Å². The van der Waals surface area contributed by atoms with E-state index in [9.17, 15) is 4.79 Å². The second-order valence-electron chi connectivity index (χ2n) is 7.60. The van der Waals surface area contributed by atoms with E-state index in [0.717, 1.165) is 25.6 Å². The number of amides is 1. The van der Waals surface area contributed by atoms with Gasteiger partial charge in [-0.1, -0.05) is 12.8 Å². The van der Waals surface area contributed by atoms with Gasteiger partial charge in [-0.2, -0.15) is 5.10 Å². The molecule has 4 rings (SSSR count). The van der Waals surface area contributed by atoms with Crippen LogP contribution in [0.5, 0.6) is 0 Å². The lowest BCUT2D eigenvalue weighted by atomic mass is 9.88. The third-order valence-corrected chi connectivity index (χ3v) is 6.21. The van der Waals surface area contributed by atoms with Crippen molar-refractivity contribution in [2.75, 3.05) is 19.6 Å². The van der Waals surface area contributed by atoms with Crippen LogP contribution in [0.15, 0.2) is 12.4 Å². The van der Waals surface area contributed by atoms with Gasteiger partial charge in [-0.05, 0) is 37.2 Å². The highest BCUT2D eigenvalue weighted by molar-refractivity contribution is 5.85. The number of carbonyl (C=O) groups excluding carboxylic acids is 1. The molecular formula is C18H29ClN4O. The van der Waals surface area contributed by atoms with E-state index in [1.54, 1.807) is 0 Å². The predicted octanol–water partition coefficient (Wildman–Crippen LogP) is 2.33. The van der Waals surface area contributed by atoms with Crippen molar-refractivity contribution in [3.05, 3.63) is 18.0 Å². The summed E-state index contributed by atoms with van der Waals surface area (Å²) in [5.41, 5.74) is 1.20. The molecule has 134 valence electrons. The highest BCUT2D eigenvalue weighted by Gasteiger charge is 2.42. The lowest BCUT2D eigenvalue weighted by Crippen LogP contribution is -2.44. The zero-order valence-electron chi connectivity index (χ0n) is 14.5. The molecule has 1 N–H and O–H groups in total. The maximum Gasteiger partial charge on any atom is 0.227 e. The molecule has 2 saturated heterocycles. The van der Waals surface area contributed by atoms with Gasteiger partial charge in [0.2, 0.25) is 5.91 Å². The van der Waals surface area contributed by atoms with Crippen LogP contribution in [0.3, 0.4) is 0 Å². The van der Waals surface area contributed by atoms with Crippen molar-refractivity contribution >= 4 is 18.3 Å². The summed E-state index contributed by atoms with van der Waals surface area (Å²) in [7, 11) is 1.94. The fraction of sp³-hybridized carbons (Fsp3) is 0.778. The first-order valence-corrected chi connectivity index (χ1v) is 9.24. The Labute approximate surface area is 150 Å². The zero-order chi connectivity index (χ0) is 15.8. The Hall–Kier alpha value is -1.07. The summed E-state index contributed by atoms with van der Waals surface area (Å²) in [6, 6.07) is 0.514. The molecule has 3 fully saturated rings. The molecule has 1 saturated carbocycles. The van der Waals surface area contributed by atoms with Crippen molar-refractivity contribution in [3.63, 3.8) is 0 Å². The molecule has 5 nitrogen and oxygen atoms in total. The average Bonchev–Trinajstić information content (AvgIpc) is 3.31. The summed E-state index contributed by atoms with van der Waals surface area (Å²) in [6.45, 7) is 2.67. The SMILES string of the molecule is Cl.Cn1cc([C@H]2CNC[C@@H]2C(=O)N2CCCC2C2CCCC2)cn1. The first-order chi connectivity index (χ1) is 11.2. The van der Waals surface area contributed by atoms with Crippen LogP contribution in [0.25, 0.3) is 0 Å². The normalized spacial score (nSPS) is 30.7. The van der Waals surface area contributed by atoms with Crippen molar-refractivity contribution < 1.29 is 4.79 Å². The van der Waals surface area contributed by atoms with Gasteiger partial charge < -0.3 is 10.2 Å². The molecule has 2 aliphatic heterocycles. The first kappa shape index (κ1) is 17.7. The van der Waals surface area contributed by atoms with E-state index in [-0.39, 0.29) is 24.2 Å². The molecule has 24 heavy (non-hydrogen) atoms. The van der Waals surface area contributed by atoms with E-state index in [1.165, 1.54) is 44.1 Å². The van der Waals surface area contributed by atoms with E-state index >= 15 is 0 Å². The maximum absolute atomic E-state index is 13.3. The molecule has 0 spiro atoms. The number of nitrogens with zero attached hydrogens (tertiary/aromatic N) is 3. The van der Waals surface area contributed by atoms with Gasteiger partial charge in [-0.15, -0.1) is 12.4 Å². The fourth-order valence-electron chi connectivity index (χ4n) is 5.03. The lowest BCUT2D eigenvalue weighted by molar-refractivity contribution is -0.137. The van der Waals surface area contributed by atoms with Gasteiger partial charge in [-0.3, -0.25) is 9.48 Å². The quantitative estimate of drug-likeness (QED) is 0.908. The predicted molar refractivity (Wildman–Crippen MR) is 96.2 cm³/mol. The third-order valence-electron chi connectivity index (χ3n) is 6.21. The molecule has 3 aliphatic rings. The van der Waals surface area contributed by atoms with Crippen molar-refractivity contribution in [2.24, 2.45) is 18.9 Å². The molecule has 1 amide bonds. The van der Waals surface area contributed by atoms with Crippen LogP contribution in [0.1, 0.15) is 50.0 Å². The lowest BCUT2D eigenvalue weighted by Gasteiger charge is -2.32. The summed E-state index contributed by atoms with van der Waals surface area (Å²) >= 11 is 0. The Bertz CT molecular complexity index is 569. The molecule has 3 atom stereocenters. The first-order valence-electron chi connectivity index (χ1n) is 9.24. The van der Waals surface area contributed by atoms with Gasteiger partial charge in [0.05, 0.1) is 12.1 Å². The number of nitrogens with one attached hydrogen (secondary N) is 1. The minimum Gasteiger partial charge on any atom is -0.339 e. The number of hydrogen-bond donors (Lipinski definition) is 1. The Morgan fingerprint density at radius 1 is 1.21 bits per heavy atom. The minimum atomic E-state index is 0. The van der Waals surface area contributed by atoms with Crippen LogP contribution < -0.4 is 5.32 Å². The van der Waals surface area contributed by atoms with Gasteiger partial charge in [0.1, 0.15) is 0 Å². The molecule has 1 aromatic heterocycles. The zero-order valence-corrected chi connectivity index (χ0v) is 15.3. The van der Waals surface area contributed by atoms with Gasteiger partial charge >= 0.3 is 0 Å². The monoisotopic (exact) mass is 352 g/mol. The number of halogens is 1. The van der Waals surface area contributed by atoms with E-state index in [4.69, 9.17) is 0 Å². The minimum absolute atomic E-state index is 0. The highest BCUT2D eigenvalue weighted by Crippen LogP contribution is 2.38. The van der Waals surface area contributed by atoms with Crippen LogP contribution in [0.2, 0.25) is 0 Å². The Morgan fingerprint density at radius 3 is 2.71 bits per heavy atom. The van der Waals surface area contributed by atoms with Crippen LogP contribution in [0.4, 0.5) is 0 Å². The topological polar surface area (TPSA) is 50.2 Å². The molecule has 3 heterocycles. The van der Waals surface area contributed by atoms with Gasteiger partial charge in [0, 0.05) is 44.8 Å². The van der Waals surface area contributed by atoms with Crippen molar-refractivity contribution in [2.45, 2.75) is 50.5 Å². The van der Waals surface area contributed by atoms with Gasteiger partial charge in [0.15, 0.2) is 0 Å². The van der Waals surface area contributed by atoms with E-state index < -0.39 is 0 Å². The fourth-order valence-corrected chi connectivity index (χ4v) is 5.03. The van der Waals surface area contributed by atoms with Gasteiger partial charge in [0.25, 0.3) is 0 Å². The Kier molecular flexibility index (Phi) is 5.50. The maximum atomic E-state index is 13.3. The molecule has 0 aromatic carbocycles. The van der Waals surface area contributed by atoms with Crippen molar-refractivity contribution in [1.82, 2.24) is 20.0 Å². The number of likely N-dealkylation sites (tertiary alicyclic amines) is 1. The third kappa shape index (κ3) is 3.21.